The molecule has 0 aromatic carbocycles. The van der Waals surface area contributed by atoms with Crippen LogP contribution in [0.15, 0.2) is 0 Å². The Morgan fingerprint density at radius 1 is 1.21 bits per heavy atom. The molecule has 114 valence electrons. The van der Waals surface area contributed by atoms with Gasteiger partial charge in [0.25, 0.3) is 0 Å². The van der Waals surface area contributed by atoms with Crippen molar-refractivity contribution < 1.29 is 18.3 Å². The molecule has 5 nitrogen and oxygen atoms in total. The number of carboxylic acids is 1. The predicted octanol–water partition coefficient (Wildman–Crippen LogP) is 2.23. The van der Waals surface area contributed by atoms with Crippen molar-refractivity contribution in [2.45, 2.75) is 58.6 Å². The van der Waals surface area contributed by atoms with Crippen LogP contribution in [0.25, 0.3) is 0 Å². The molecule has 0 spiro atoms. The van der Waals surface area contributed by atoms with E-state index in [1.807, 2.05) is 13.8 Å². The molecule has 1 atom stereocenters. The maximum Gasteiger partial charge on any atom is 0.303 e. The summed E-state index contributed by atoms with van der Waals surface area (Å²) in [6.07, 6.45) is 1.39. The average molecular weight is 293 g/mol. The van der Waals surface area contributed by atoms with Crippen molar-refractivity contribution in [3.05, 3.63) is 0 Å². The SMILES string of the molecule is CC(C)C(CCNS(=O)(=O)C(C)(C)C)CCC(=O)O. The fourth-order valence-corrected chi connectivity index (χ4v) is 2.53. The van der Waals surface area contributed by atoms with Crippen LogP contribution in [0, 0.1) is 11.8 Å². The Labute approximate surface area is 116 Å². The molecule has 2 N–H and O–H groups in total. The summed E-state index contributed by atoms with van der Waals surface area (Å²) in [4.78, 5) is 10.6. The highest BCUT2D eigenvalue weighted by atomic mass is 32.2. The van der Waals surface area contributed by atoms with E-state index in [2.05, 4.69) is 4.72 Å². The van der Waals surface area contributed by atoms with E-state index in [9.17, 15) is 13.2 Å². The molecule has 1 unspecified atom stereocenters. The monoisotopic (exact) mass is 293 g/mol. The largest absolute Gasteiger partial charge is 0.481 e. The summed E-state index contributed by atoms with van der Waals surface area (Å²) in [6.45, 7) is 9.39. The van der Waals surface area contributed by atoms with Crippen molar-refractivity contribution >= 4 is 16.0 Å². The van der Waals surface area contributed by atoms with Gasteiger partial charge in [0, 0.05) is 13.0 Å². The van der Waals surface area contributed by atoms with Gasteiger partial charge in [-0.2, -0.15) is 0 Å². The molecule has 0 heterocycles. The van der Waals surface area contributed by atoms with Crippen LogP contribution in [-0.2, 0) is 14.8 Å². The fourth-order valence-electron chi connectivity index (χ4n) is 1.72. The van der Waals surface area contributed by atoms with Crippen LogP contribution in [0.5, 0.6) is 0 Å². The van der Waals surface area contributed by atoms with E-state index < -0.39 is 20.7 Å². The second-order valence-electron chi connectivity index (χ2n) is 6.24. The number of sulfonamides is 1. The molecular weight excluding hydrogens is 266 g/mol. The number of hydrogen-bond acceptors (Lipinski definition) is 3. The second kappa shape index (κ2) is 7.24. The number of carbonyl (C=O) groups is 1. The smallest absolute Gasteiger partial charge is 0.303 e. The van der Waals surface area contributed by atoms with Gasteiger partial charge in [0.2, 0.25) is 10.0 Å². The molecule has 0 bridgehead atoms. The molecule has 0 aromatic rings. The van der Waals surface area contributed by atoms with Crippen LogP contribution in [-0.4, -0.2) is 30.8 Å². The molecule has 0 aromatic heterocycles. The lowest BCUT2D eigenvalue weighted by Gasteiger charge is -2.23. The molecule has 0 fully saturated rings. The fraction of sp³-hybridized carbons (Fsp3) is 0.923. The number of hydrogen-bond donors (Lipinski definition) is 2. The Bertz CT molecular complexity index is 382. The molecule has 0 aliphatic carbocycles. The lowest BCUT2D eigenvalue weighted by Crippen LogP contribution is -2.40. The number of rotatable bonds is 8. The molecule has 0 aliphatic rings. The molecule has 0 aliphatic heterocycles. The Morgan fingerprint density at radius 2 is 1.74 bits per heavy atom. The highest BCUT2D eigenvalue weighted by Gasteiger charge is 2.28. The van der Waals surface area contributed by atoms with E-state index in [1.165, 1.54) is 0 Å². The van der Waals surface area contributed by atoms with Crippen LogP contribution in [0.2, 0.25) is 0 Å². The Kier molecular flexibility index (Phi) is 7.00. The lowest BCUT2D eigenvalue weighted by molar-refractivity contribution is -0.137. The van der Waals surface area contributed by atoms with Gasteiger partial charge in [0.15, 0.2) is 0 Å². The molecule has 0 radical (unpaired) electrons. The summed E-state index contributed by atoms with van der Waals surface area (Å²) < 4.78 is 25.5. The summed E-state index contributed by atoms with van der Waals surface area (Å²) in [6, 6.07) is 0. The van der Waals surface area contributed by atoms with Crippen LogP contribution < -0.4 is 4.72 Å². The second-order valence-corrected chi connectivity index (χ2v) is 8.76. The maximum absolute atomic E-state index is 11.9. The minimum Gasteiger partial charge on any atom is -0.481 e. The topological polar surface area (TPSA) is 83.5 Å². The summed E-state index contributed by atoms with van der Waals surface area (Å²) in [5, 5.41) is 8.69. The third kappa shape index (κ3) is 6.92. The number of nitrogens with one attached hydrogen (secondary N) is 1. The minimum atomic E-state index is -3.32. The van der Waals surface area contributed by atoms with Gasteiger partial charge in [0.1, 0.15) is 0 Å². The van der Waals surface area contributed by atoms with E-state index in [1.54, 1.807) is 20.8 Å². The van der Waals surface area contributed by atoms with E-state index in [0.717, 1.165) is 0 Å². The van der Waals surface area contributed by atoms with Gasteiger partial charge in [-0.25, -0.2) is 13.1 Å². The minimum absolute atomic E-state index is 0.134. The zero-order valence-corrected chi connectivity index (χ0v) is 13.4. The summed E-state index contributed by atoms with van der Waals surface area (Å²) >= 11 is 0. The third-order valence-electron chi connectivity index (χ3n) is 3.29. The van der Waals surface area contributed by atoms with Gasteiger partial charge >= 0.3 is 5.97 Å². The third-order valence-corrected chi connectivity index (χ3v) is 5.48. The predicted molar refractivity (Wildman–Crippen MR) is 76.5 cm³/mol. The molecule has 0 amide bonds. The van der Waals surface area contributed by atoms with Crippen LogP contribution >= 0.6 is 0 Å². The first kappa shape index (κ1) is 18.4. The van der Waals surface area contributed by atoms with Gasteiger partial charge in [-0.1, -0.05) is 13.8 Å². The molecule has 0 saturated carbocycles. The molecule has 6 heteroatoms. The van der Waals surface area contributed by atoms with Gasteiger partial charge < -0.3 is 5.11 Å². The standard InChI is InChI=1S/C13H27NO4S/c1-10(2)11(6-7-12(15)16)8-9-14-19(17,18)13(3,4)5/h10-11,14H,6-9H2,1-5H3,(H,15,16). The van der Waals surface area contributed by atoms with Gasteiger partial charge in [-0.05, 0) is 45.4 Å². The van der Waals surface area contributed by atoms with Crippen molar-refractivity contribution in [3.63, 3.8) is 0 Å². The van der Waals surface area contributed by atoms with Crippen LogP contribution in [0.4, 0.5) is 0 Å². The van der Waals surface area contributed by atoms with Gasteiger partial charge in [0.05, 0.1) is 4.75 Å². The number of carboxylic acid groups (broad SMARTS) is 1. The highest BCUT2D eigenvalue weighted by Crippen LogP contribution is 2.21. The van der Waals surface area contributed by atoms with E-state index in [0.29, 0.717) is 25.3 Å². The average Bonchev–Trinajstić information content (AvgIpc) is 2.20. The summed E-state index contributed by atoms with van der Waals surface area (Å²) in [7, 11) is -3.32. The zero-order chi connectivity index (χ0) is 15.3. The maximum atomic E-state index is 11.9. The Hall–Kier alpha value is -0.620. The Balaban J connectivity index is 4.32. The molecule has 0 rings (SSSR count). The van der Waals surface area contributed by atoms with Crippen molar-refractivity contribution in [2.75, 3.05) is 6.54 Å². The van der Waals surface area contributed by atoms with E-state index in [4.69, 9.17) is 5.11 Å². The van der Waals surface area contributed by atoms with Crippen LogP contribution in [0.1, 0.15) is 53.9 Å². The summed E-state index contributed by atoms with van der Waals surface area (Å²) in [5.74, 6) is -0.238. The highest BCUT2D eigenvalue weighted by molar-refractivity contribution is 7.90. The van der Waals surface area contributed by atoms with Crippen molar-refractivity contribution in [1.82, 2.24) is 4.72 Å². The van der Waals surface area contributed by atoms with Crippen molar-refractivity contribution in [1.29, 1.82) is 0 Å². The Morgan fingerprint density at radius 3 is 2.11 bits per heavy atom. The van der Waals surface area contributed by atoms with Crippen LogP contribution in [0.3, 0.4) is 0 Å². The van der Waals surface area contributed by atoms with Gasteiger partial charge in [-0.3, -0.25) is 4.79 Å². The van der Waals surface area contributed by atoms with Crippen molar-refractivity contribution in [2.24, 2.45) is 11.8 Å². The summed E-state index contributed by atoms with van der Waals surface area (Å²) in [5.41, 5.74) is 0. The first-order valence-corrected chi connectivity index (χ1v) is 8.16. The molecule has 0 saturated heterocycles. The number of aliphatic carboxylic acids is 1. The van der Waals surface area contributed by atoms with Gasteiger partial charge in [-0.15, -0.1) is 0 Å². The lowest BCUT2D eigenvalue weighted by atomic mass is 9.88. The van der Waals surface area contributed by atoms with E-state index in [-0.39, 0.29) is 12.3 Å². The van der Waals surface area contributed by atoms with Crippen molar-refractivity contribution in [3.8, 4) is 0 Å². The first-order chi connectivity index (χ1) is 8.47. The zero-order valence-electron chi connectivity index (χ0n) is 12.6. The normalized spacial score (nSPS) is 14.6. The quantitative estimate of drug-likeness (QED) is 0.719. The first-order valence-electron chi connectivity index (χ1n) is 6.68. The van der Waals surface area contributed by atoms with E-state index >= 15 is 0 Å². The molecule has 19 heavy (non-hydrogen) atoms. The molecular formula is C13H27NO4S.